The van der Waals surface area contributed by atoms with E-state index in [1.165, 1.54) is 21.3 Å². The SMILES string of the molecule is Nn1c(SCC(=O)NCCc2cccs2)nnc1-c1cc(Cl)ccc1Cl. The molecule has 136 valence electrons. The van der Waals surface area contributed by atoms with Crippen molar-refractivity contribution in [1.29, 1.82) is 0 Å². The average molecular weight is 428 g/mol. The minimum absolute atomic E-state index is 0.0862. The summed E-state index contributed by atoms with van der Waals surface area (Å²) in [6.45, 7) is 0.596. The van der Waals surface area contributed by atoms with Gasteiger partial charge in [-0.3, -0.25) is 4.79 Å². The van der Waals surface area contributed by atoms with Crippen LogP contribution in [0.25, 0.3) is 11.4 Å². The predicted molar refractivity (Wildman–Crippen MR) is 107 cm³/mol. The summed E-state index contributed by atoms with van der Waals surface area (Å²) in [5.41, 5.74) is 0.585. The Kier molecular flexibility index (Phi) is 6.42. The van der Waals surface area contributed by atoms with Crippen molar-refractivity contribution in [3.8, 4) is 11.4 Å². The molecule has 10 heteroatoms. The number of nitrogens with two attached hydrogens (primary N) is 1. The van der Waals surface area contributed by atoms with Crippen LogP contribution in [0, 0.1) is 0 Å². The van der Waals surface area contributed by atoms with Crippen LogP contribution in [0.5, 0.6) is 0 Å². The summed E-state index contributed by atoms with van der Waals surface area (Å²) in [4.78, 5) is 13.2. The molecule has 0 unspecified atom stereocenters. The summed E-state index contributed by atoms with van der Waals surface area (Å²) >= 11 is 15.1. The van der Waals surface area contributed by atoms with Crippen LogP contribution in [0.2, 0.25) is 10.0 Å². The van der Waals surface area contributed by atoms with E-state index in [0.717, 1.165) is 6.42 Å². The molecule has 3 aromatic rings. The van der Waals surface area contributed by atoms with Gasteiger partial charge in [0, 0.05) is 22.0 Å². The number of halogens is 2. The summed E-state index contributed by atoms with van der Waals surface area (Å²) in [7, 11) is 0. The number of carbonyl (C=O) groups excluding carboxylic acids is 1. The van der Waals surface area contributed by atoms with E-state index in [0.29, 0.717) is 33.1 Å². The first kappa shape index (κ1) is 19.0. The Morgan fingerprint density at radius 3 is 2.92 bits per heavy atom. The van der Waals surface area contributed by atoms with E-state index in [-0.39, 0.29) is 11.7 Å². The van der Waals surface area contributed by atoms with Crippen molar-refractivity contribution in [1.82, 2.24) is 20.2 Å². The normalized spacial score (nSPS) is 10.8. The van der Waals surface area contributed by atoms with Crippen molar-refractivity contribution in [2.24, 2.45) is 0 Å². The summed E-state index contributed by atoms with van der Waals surface area (Å²) in [5.74, 6) is 6.54. The molecule has 0 aliphatic rings. The van der Waals surface area contributed by atoms with Crippen LogP contribution in [-0.2, 0) is 11.2 Å². The van der Waals surface area contributed by atoms with Crippen LogP contribution < -0.4 is 11.2 Å². The van der Waals surface area contributed by atoms with Gasteiger partial charge in [-0.2, -0.15) is 0 Å². The molecule has 0 aliphatic carbocycles. The first-order chi connectivity index (χ1) is 12.5. The van der Waals surface area contributed by atoms with Crippen molar-refractivity contribution < 1.29 is 4.79 Å². The number of nitrogen functional groups attached to an aromatic ring is 1. The molecule has 0 radical (unpaired) electrons. The van der Waals surface area contributed by atoms with Gasteiger partial charge in [-0.05, 0) is 36.1 Å². The van der Waals surface area contributed by atoms with E-state index in [1.807, 2.05) is 17.5 Å². The highest BCUT2D eigenvalue weighted by Crippen LogP contribution is 2.30. The first-order valence-electron chi connectivity index (χ1n) is 7.62. The molecule has 0 saturated carbocycles. The Balaban J connectivity index is 1.56. The maximum atomic E-state index is 12.0. The number of thiophene rings is 1. The number of carbonyl (C=O) groups is 1. The molecule has 1 aromatic carbocycles. The molecule has 3 N–H and O–H groups in total. The fourth-order valence-corrected chi connectivity index (χ4v) is 3.96. The van der Waals surface area contributed by atoms with Gasteiger partial charge < -0.3 is 11.2 Å². The van der Waals surface area contributed by atoms with E-state index < -0.39 is 0 Å². The monoisotopic (exact) mass is 427 g/mol. The fraction of sp³-hybridized carbons (Fsp3) is 0.188. The summed E-state index contributed by atoms with van der Waals surface area (Å²) < 4.78 is 1.31. The minimum atomic E-state index is -0.0862. The van der Waals surface area contributed by atoms with Crippen LogP contribution in [0.1, 0.15) is 4.88 Å². The van der Waals surface area contributed by atoms with Gasteiger partial charge >= 0.3 is 0 Å². The number of thioether (sulfide) groups is 1. The Hall–Kier alpha value is -1.74. The van der Waals surface area contributed by atoms with Crippen molar-refractivity contribution in [2.75, 3.05) is 18.1 Å². The van der Waals surface area contributed by atoms with Gasteiger partial charge in [0.1, 0.15) is 0 Å². The zero-order valence-electron chi connectivity index (χ0n) is 13.5. The molecule has 1 amide bonds. The predicted octanol–water partition coefficient (Wildman–Crippen LogP) is 3.48. The highest BCUT2D eigenvalue weighted by molar-refractivity contribution is 7.99. The molecule has 2 aromatic heterocycles. The lowest BCUT2D eigenvalue weighted by Gasteiger charge is -2.06. The number of hydrogen-bond acceptors (Lipinski definition) is 6. The van der Waals surface area contributed by atoms with E-state index >= 15 is 0 Å². The summed E-state index contributed by atoms with van der Waals surface area (Å²) in [6.07, 6.45) is 0.818. The Bertz CT molecular complexity index is 898. The number of rotatable bonds is 7. The van der Waals surface area contributed by atoms with Crippen LogP contribution in [0.3, 0.4) is 0 Å². The maximum Gasteiger partial charge on any atom is 0.230 e. The smallest absolute Gasteiger partial charge is 0.230 e. The van der Waals surface area contributed by atoms with Crippen LogP contribution in [-0.4, -0.2) is 33.1 Å². The van der Waals surface area contributed by atoms with E-state index in [9.17, 15) is 4.79 Å². The largest absolute Gasteiger partial charge is 0.355 e. The fourth-order valence-electron chi connectivity index (χ4n) is 2.19. The number of aromatic nitrogens is 3. The van der Waals surface area contributed by atoms with Gasteiger partial charge in [0.15, 0.2) is 5.82 Å². The quantitative estimate of drug-likeness (QED) is 0.445. The molecular formula is C16H15Cl2N5OS2. The Morgan fingerprint density at radius 1 is 1.31 bits per heavy atom. The molecule has 6 nitrogen and oxygen atoms in total. The number of nitrogens with zero attached hydrogens (tertiary/aromatic N) is 3. The summed E-state index contributed by atoms with van der Waals surface area (Å²) in [6, 6.07) is 9.06. The number of hydrogen-bond donors (Lipinski definition) is 2. The number of nitrogens with one attached hydrogen (secondary N) is 1. The molecule has 2 heterocycles. The third kappa shape index (κ3) is 4.70. The van der Waals surface area contributed by atoms with E-state index in [2.05, 4.69) is 15.5 Å². The van der Waals surface area contributed by atoms with Crippen LogP contribution >= 0.6 is 46.3 Å². The van der Waals surface area contributed by atoms with Crippen molar-refractivity contribution >= 4 is 52.2 Å². The van der Waals surface area contributed by atoms with Gasteiger partial charge in [-0.1, -0.05) is 41.0 Å². The maximum absolute atomic E-state index is 12.0. The van der Waals surface area contributed by atoms with Gasteiger partial charge in [0.2, 0.25) is 11.1 Å². The van der Waals surface area contributed by atoms with Crippen LogP contribution in [0.4, 0.5) is 0 Å². The van der Waals surface area contributed by atoms with Crippen molar-refractivity contribution in [3.05, 3.63) is 50.6 Å². The number of amides is 1. The zero-order chi connectivity index (χ0) is 18.5. The Morgan fingerprint density at radius 2 is 2.15 bits per heavy atom. The molecule has 0 spiro atoms. The van der Waals surface area contributed by atoms with Crippen molar-refractivity contribution in [2.45, 2.75) is 11.6 Å². The Labute approximate surface area is 168 Å². The highest BCUT2D eigenvalue weighted by atomic mass is 35.5. The topological polar surface area (TPSA) is 85.8 Å². The third-order valence-corrected chi connectivity index (χ3v) is 5.88. The molecule has 26 heavy (non-hydrogen) atoms. The standard InChI is InChI=1S/C16H15Cl2N5OS2/c17-10-3-4-13(18)12(8-10)15-21-22-16(23(15)19)26-9-14(24)20-6-5-11-2-1-7-25-11/h1-4,7-8H,5-6,9,19H2,(H,20,24). The van der Waals surface area contributed by atoms with Crippen molar-refractivity contribution in [3.63, 3.8) is 0 Å². The molecule has 0 fully saturated rings. The lowest BCUT2D eigenvalue weighted by Crippen LogP contribution is -2.27. The molecule has 0 bridgehead atoms. The second-order valence-electron chi connectivity index (χ2n) is 5.27. The zero-order valence-corrected chi connectivity index (χ0v) is 16.6. The lowest BCUT2D eigenvalue weighted by molar-refractivity contribution is -0.118. The second kappa shape index (κ2) is 8.77. The highest BCUT2D eigenvalue weighted by Gasteiger charge is 2.16. The van der Waals surface area contributed by atoms with Crippen LogP contribution in [0.15, 0.2) is 40.9 Å². The number of benzene rings is 1. The van der Waals surface area contributed by atoms with E-state index in [4.69, 9.17) is 29.0 Å². The summed E-state index contributed by atoms with van der Waals surface area (Å²) in [5, 5.41) is 14.4. The first-order valence-corrected chi connectivity index (χ1v) is 10.2. The minimum Gasteiger partial charge on any atom is -0.355 e. The molecule has 0 aliphatic heterocycles. The average Bonchev–Trinajstić information content (AvgIpc) is 3.25. The molecule has 0 saturated heterocycles. The van der Waals surface area contributed by atoms with Gasteiger partial charge in [0.25, 0.3) is 0 Å². The lowest BCUT2D eigenvalue weighted by atomic mass is 10.2. The second-order valence-corrected chi connectivity index (χ2v) is 8.09. The molecule has 0 atom stereocenters. The molecule has 3 rings (SSSR count). The van der Waals surface area contributed by atoms with Gasteiger partial charge in [0.05, 0.1) is 10.8 Å². The van der Waals surface area contributed by atoms with E-state index in [1.54, 1.807) is 29.5 Å². The van der Waals surface area contributed by atoms with Gasteiger partial charge in [-0.15, -0.1) is 21.5 Å². The molecular weight excluding hydrogens is 413 g/mol. The third-order valence-electron chi connectivity index (χ3n) is 3.44. The van der Waals surface area contributed by atoms with Gasteiger partial charge in [-0.25, -0.2) is 4.68 Å².